The minimum absolute atomic E-state index is 0.0816. The minimum atomic E-state index is -1.27. The molecular weight excluding hydrogens is 364 g/mol. The topological polar surface area (TPSA) is 155 Å². The van der Waals surface area contributed by atoms with Crippen LogP contribution in [-0.2, 0) is 4.79 Å². The molecule has 4 rings (SSSR count). The molecule has 5 N–H and O–H groups in total. The second-order valence-electron chi connectivity index (χ2n) is 7.11. The molecule has 0 atom stereocenters. The quantitative estimate of drug-likeness (QED) is 0.640. The Morgan fingerprint density at radius 2 is 1.86 bits per heavy atom. The molecule has 1 fully saturated rings. The van der Waals surface area contributed by atoms with E-state index in [2.05, 4.69) is 9.98 Å². The highest BCUT2D eigenvalue weighted by Crippen LogP contribution is 2.42. The van der Waals surface area contributed by atoms with Gasteiger partial charge in [-0.2, -0.15) is 4.99 Å². The van der Waals surface area contributed by atoms with Gasteiger partial charge in [0.15, 0.2) is 0 Å². The molecule has 1 saturated carbocycles. The monoisotopic (exact) mass is 384 g/mol. The Morgan fingerprint density at radius 3 is 2.54 bits per heavy atom. The van der Waals surface area contributed by atoms with Gasteiger partial charge in [0.2, 0.25) is 11.9 Å². The molecule has 0 unspecified atom stereocenters. The van der Waals surface area contributed by atoms with Crippen molar-refractivity contribution >= 4 is 35.4 Å². The van der Waals surface area contributed by atoms with Gasteiger partial charge in [-0.05, 0) is 37.8 Å². The van der Waals surface area contributed by atoms with E-state index in [1.54, 1.807) is 17.0 Å². The van der Waals surface area contributed by atoms with Crippen LogP contribution in [0.3, 0.4) is 0 Å². The fourth-order valence-electron chi connectivity index (χ4n) is 4.25. The van der Waals surface area contributed by atoms with Crippen LogP contribution in [0, 0.1) is 0 Å². The number of aliphatic imine (C=N–C) groups is 2. The van der Waals surface area contributed by atoms with Gasteiger partial charge in [0.25, 0.3) is 11.8 Å². The Kier molecular flexibility index (Phi) is 4.06. The van der Waals surface area contributed by atoms with E-state index in [1.165, 1.54) is 6.07 Å². The number of aliphatic carboxylic acids is 1. The van der Waals surface area contributed by atoms with E-state index in [4.69, 9.17) is 16.6 Å². The zero-order valence-electron chi connectivity index (χ0n) is 15.1. The van der Waals surface area contributed by atoms with E-state index in [9.17, 15) is 14.4 Å². The average molecular weight is 384 g/mol. The summed E-state index contributed by atoms with van der Waals surface area (Å²) in [6.07, 6.45) is 4.23. The maximum absolute atomic E-state index is 12.9. The molecule has 1 aliphatic carbocycles. The molecule has 10 nitrogen and oxygen atoms in total. The van der Waals surface area contributed by atoms with Crippen molar-refractivity contribution < 1.29 is 19.5 Å². The first-order chi connectivity index (χ1) is 13.3. The maximum Gasteiger partial charge on any atom is 0.323 e. The van der Waals surface area contributed by atoms with E-state index in [-0.39, 0.29) is 23.0 Å². The second kappa shape index (κ2) is 6.32. The Bertz CT molecular complexity index is 947. The molecule has 1 aromatic carbocycles. The largest absolute Gasteiger partial charge is 0.480 e. The molecule has 1 aromatic rings. The first kappa shape index (κ1) is 18.0. The summed E-state index contributed by atoms with van der Waals surface area (Å²) < 4.78 is 0. The third-order valence-corrected chi connectivity index (χ3v) is 5.36. The normalized spacial score (nSPS) is 20.9. The predicted octanol–water partition coefficient (Wildman–Crippen LogP) is 0.477. The number of imide groups is 1. The molecule has 10 heteroatoms. The standard InChI is InChI=1S/C18H20N6O4/c19-16-21-17(20)24(18(22-16)7-2-1-3-8-18)11-6-4-5-10-13(11)15(28)23(14(10)27)9-12(25)26/h4-6H,1-3,7-9H2,(H,25,26)(H4,19,20,21,22). The van der Waals surface area contributed by atoms with Crippen LogP contribution in [0.4, 0.5) is 5.69 Å². The first-order valence-corrected chi connectivity index (χ1v) is 9.05. The smallest absolute Gasteiger partial charge is 0.323 e. The van der Waals surface area contributed by atoms with Gasteiger partial charge in [-0.1, -0.05) is 12.5 Å². The predicted molar refractivity (Wildman–Crippen MR) is 101 cm³/mol. The maximum atomic E-state index is 12.9. The SMILES string of the molecule is NC1=NC2(CCCCC2)N(c2cccc3c2C(=O)N(CC(=O)O)C3=O)C(N)=N1. The Labute approximate surface area is 160 Å². The molecule has 0 aromatic heterocycles. The lowest BCUT2D eigenvalue weighted by atomic mass is 9.86. The molecule has 2 amide bonds. The zero-order chi connectivity index (χ0) is 20.1. The van der Waals surface area contributed by atoms with E-state index in [0.717, 1.165) is 24.2 Å². The van der Waals surface area contributed by atoms with Crippen molar-refractivity contribution in [3.05, 3.63) is 29.3 Å². The Balaban J connectivity index is 1.85. The fourth-order valence-corrected chi connectivity index (χ4v) is 4.25. The fraction of sp³-hybridized carbons (Fsp3) is 0.389. The number of benzene rings is 1. The molecule has 28 heavy (non-hydrogen) atoms. The van der Waals surface area contributed by atoms with Gasteiger partial charge < -0.3 is 16.6 Å². The Morgan fingerprint density at radius 1 is 1.14 bits per heavy atom. The molecule has 1 spiro atoms. The zero-order valence-corrected chi connectivity index (χ0v) is 15.1. The van der Waals surface area contributed by atoms with Crippen LogP contribution in [0.1, 0.15) is 52.8 Å². The lowest BCUT2D eigenvalue weighted by molar-refractivity contribution is -0.137. The summed E-state index contributed by atoms with van der Waals surface area (Å²) in [6, 6.07) is 4.81. The van der Waals surface area contributed by atoms with E-state index in [1.807, 2.05) is 0 Å². The summed E-state index contributed by atoms with van der Waals surface area (Å²) in [5, 5.41) is 9.05. The van der Waals surface area contributed by atoms with Crippen molar-refractivity contribution in [2.75, 3.05) is 11.4 Å². The van der Waals surface area contributed by atoms with Crippen molar-refractivity contribution in [2.45, 2.75) is 37.8 Å². The van der Waals surface area contributed by atoms with Crippen molar-refractivity contribution in [1.29, 1.82) is 0 Å². The van der Waals surface area contributed by atoms with Gasteiger partial charge >= 0.3 is 5.97 Å². The van der Waals surface area contributed by atoms with Gasteiger partial charge in [-0.25, -0.2) is 4.99 Å². The van der Waals surface area contributed by atoms with Crippen LogP contribution < -0.4 is 16.4 Å². The molecule has 2 heterocycles. The summed E-state index contributed by atoms with van der Waals surface area (Å²) in [5.74, 6) is -2.40. The van der Waals surface area contributed by atoms with Gasteiger partial charge in [0.1, 0.15) is 12.2 Å². The number of anilines is 1. The molecule has 146 valence electrons. The van der Waals surface area contributed by atoms with E-state index >= 15 is 0 Å². The summed E-state index contributed by atoms with van der Waals surface area (Å²) >= 11 is 0. The number of amides is 2. The van der Waals surface area contributed by atoms with Crippen LogP contribution in [0.15, 0.2) is 28.2 Å². The number of carboxylic acids is 1. The third-order valence-electron chi connectivity index (χ3n) is 5.36. The number of fused-ring (bicyclic) bond motifs is 1. The molecule has 0 bridgehead atoms. The molecule has 0 radical (unpaired) electrons. The Hall–Kier alpha value is -3.43. The second-order valence-corrected chi connectivity index (χ2v) is 7.11. The molecule has 0 saturated heterocycles. The van der Waals surface area contributed by atoms with Crippen LogP contribution in [-0.4, -0.2) is 51.9 Å². The number of hydrogen-bond acceptors (Lipinski definition) is 8. The van der Waals surface area contributed by atoms with E-state index in [0.29, 0.717) is 18.5 Å². The summed E-state index contributed by atoms with van der Waals surface area (Å²) in [4.78, 5) is 47.6. The van der Waals surface area contributed by atoms with Crippen LogP contribution in [0.25, 0.3) is 0 Å². The van der Waals surface area contributed by atoms with Crippen molar-refractivity contribution in [1.82, 2.24) is 4.90 Å². The number of carbonyl (C=O) groups is 3. The number of carboxylic acid groups (broad SMARTS) is 1. The van der Waals surface area contributed by atoms with E-state index < -0.39 is 30.0 Å². The summed E-state index contributed by atoms with van der Waals surface area (Å²) in [5.41, 5.74) is 12.0. The number of carbonyl (C=O) groups excluding carboxylic acids is 2. The number of rotatable bonds is 3. The van der Waals surface area contributed by atoms with Gasteiger partial charge in [-0.15, -0.1) is 0 Å². The highest BCUT2D eigenvalue weighted by Gasteiger charge is 2.46. The highest BCUT2D eigenvalue weighted by atomic mass is 16.4. The van der Waals surface area contributed by atoms with Gasteiger partial charge in [0.05, 0.1) is 16.8 Å². The summed E-state index contributed by atoms with van der Waals surface area (Å²) in [6.45, 7) is -0.703. The highest BCUT2D eigenvalue weighted by molar-refractivity contribution is 6.25. The number of hydrogen-bond donors (Lipinski definition) is 3. The number of guanidine groups is 2. The van der Waals surface area contributed by atoms with Gasteiger partial charge in [-0.3, -0.25) is 24.2 Å². The minimum Gasteiger partial charge on any atom is -0.480 e. The van der Waals surface area contributed by atoms with Crippen LogP contribution in [0.5, 0.6) is 0 Å². The molecule has 2 aliphatic heterocycles. The van der Waals surface area contributed by atoms with Crippen molar-refractivity contribution in [3.63, 3.8) is 0 Å². The average Bonchev–Trinajstić information content (AvgIpc) is 2.87. The van der Waals surface area contributed by atoms with Crippen LogP contribution in [0.2, 0.25) is 0 Å². The van der Waals surface area contributed by atoms with Crippen molar-refractivity contribution in [2.24, 2.45) is 21.5 Å². The van der Waals surface area contributed by atoms with Crippen molar-refractivity contribution in [3.8, 4) is 0 Å². The molecule has 3 aliphatic rings. The lowest BCUT2D eigenvalue weighted by Crippen LogP contribution is -2.58. The third kappa shape index (κ3) is 2.60. The summed E-state index contributed by atoms with van der Waals surface area (Å²) in [7, 11) is 0. The number of nitrogens with zero attached hydrogens (tertiary/aromatic N) is 4. The lowest BCUT2D eigenvalue weighted by Gasteiger charge is -2.46. The first-order valence-electron chi connectivity index (χ1n) is 9.05. The van der Waals surface area contributed by atoms with Gasteiger partial charge in [0, 0.05) is 0 Å². The number of nitrogens with two attached hydrogens (primary N) is 2. The molecular formula is C18H20N6O4. The van der Waals surface area contributed by atoms with Crippen LogP contribution >= 0.6 is 0 Å².